The predicted octanol–water partition coefficient (Wildman–Crippen LogP) is 0.0849. The molecule has 1 aromatic heterocycles. The highest BCUT2D eigenvalue weighted by Gasteiger charge is 2.42. The zero-order chi connectivity index (χ0) is 16.3. The maximum absolute atomic E-state index is 13.1. The number of rotatable bonds is 4. The molecule has 2 aliphatic rings. The van der Waals surface area contributed by atoms with E-state index in [1.165, 1.54) is 0 Å². The van der Waals surface area contributed by atoms with Gasteiger partial charge in [-0.15, -0.1) is 0 Å². The summed E-state index contributed by atoms with van der Waals surface area (Å²) < 4.78 is 7.21. The van der Waals surface area contributed by atoms with Crippen molar-refractivity contribution in [3.8, 4) is 0 Å². The molecule has 7 heteroatoms. The zero-order valence-corrected chi connectivity index (χ0v) is 14.1. The topological polar surface area (TPSA) is 62.6 Å². The highest BCUT2D eigenvalue weighted by Crippen LogP contribution is 2.32. The number of nitrogens with one attached hydrogen (secondary N) is 1. The summed E-state index contributed by atoms with van der Waals surface area (Å²) in [6.45, 7) is 5.57. The molecule has 0 spiro atoms. The molecule has 0 aromatic carbocycles. The Morgan fingerprint density at radius 3 is 2.57 bits per heavy atom. The first-order chi connectivity index (χ1) is 11.1. The van der Waals surface area contributed by atoms with Gasteiger partial charge in [-0.1, -0.05) is 0 Å². The number of hydrogen-bond acceptors (Lipinski definition) is 5. The second-order valence-corrected chi connectivity index (χ2v) is 6.61. The van der Waals surface area contributed by atoms with Crippen LogP contribution in [0.2, 0.25) is 0 Å². The Balaban J connectivity index is 1.62. The third kappa shape index (κ3) is 3.35. The van der Waals surface area contributed by atoms with E-state index in [1.807, 2.05) is 29.0 Å². The lowest BCUT2D eigenvalue weighted by Gasteiger charge is -2.43. The first kappa shape index (κ1) is 16.3. The van der Waals surface area contributed by atoms with Gasteiger partial charge in [0.05, 0.1) is 23.9 Å². The molecule has 23 heavy (non-hydrogen) atoms. The molecule has 0 aliphatic carbocycles. The predicted molar refractivity (Wildman–Crippen MR) is 88.4 cm³/mol. The summed E-state index contributed by atoms with van der Waals surface area (Å²) in [5.74, 6) is 0.270. The van der Waals surface area contributed by atoms with Crippen LogP contribution in [0.15, 0.2) is 12.4 Å². The largest absolute Gasteiger partial charge is 0.384 e. The molecule has 7 nitrogen and oxygen atoms in total. The second-order valence-electron chi connectivity index (χ2n) is 6.61. The maximum atomic E-state index is 13.1. The average Bonchev–Trinajstić information content (AvgIpc) is 3.02. The molecule has 3 rings (SSSR count). The van der Waals surface area contributed by atoms with Crippen molar-refractivity contribution >= 4 is 11.6 Å². The molecule has 3 heterocycles. The number of ether oxygens (including phenoxy) is 1. The maximum Gasteiger partial charge on any atom is 0.231 e. The molecular weight excluding hydrogens is 294 g/mol. The summed E-state index contributed by atoms with van der Waals surface area (Å²) in [4.78, 5) is 17.4. The van der Waals surface area contributed by atoms with Crippen LogP contribution >= 0.6 is 0 Å². The van der Waals surface area contributed by atoms with Crippen LogP contribution in [0.3, 0.4) is 0 Å². The van der Waals surface area contributed by atoms with E-state index in [4.69, 9.17) is 4.74 Å². The Bertz CT molecular complexity index is 525. The van der Waals surface area contributed by atoms with Gasteiger partial charge in [0, 0.05) is 46.5 Å². The number of aromatic nitrogens is 2. The van der Waals surface area contributed by atoms with E-state index in [1.54, 1.807) is 7.11 Å². The van der Waals surface area contributed by atoms with Gasteiger partial charge in [-0.3, -0.25) is 9.48 Å². The molecule has 0 radical (unpaired) electrons. The molecule has 0 saturated carbocycles. The van der Waals surface area contributed by atoms with Crippen LogP contribution in [0.4, 0.5) is 5.69 Å². The Morgan fingerprint density at radius 1 is 1.30 bits per heavy atom. The highest BCUT2D eigenvalue weighted by molar-refractivity contribution is 5.83. The molecule has 0 unspecified atom stereocenters. The second kappa shape index (κ2) is 6.88. The van der Waals surface area contributed by atoms with Crippen LogP contribution < -0.4 is 10.2 Å². The fourth-order valence-corrected chi connectivity index (χ4v) is 3.68. The van der Waals surface area contributed by atoms with Gasteiger partial charge in [0.15, 0.2) is 0 Å². The summed E-state index contributed by atoms with van der Waals surface area (Å²) in [6.07, 6.45) is 5.64. The number of amides is 1. The minimum Gasteiger partial charge on any atom is -0.384 e. The van der Waals surface area contributed by atoms with Crippen molar-refractivity contribution in [1.29, 1.82) is 0 Å². The Kier molecular flexibility index (Phi) is 4.87. The van der Waals surface area contributed by atoms with Crippen molar-refractivity contribution in [2.45, 2.75) is 12.8 Å². The zero-order valence-electron chi connectivity index (χ0n) is 14.1. The lowest BCUT2D eigenvalue weighted by Crippen LogP contribution is -2.56. The summed E-state index contributed by atoms with van der Waals surface area (Å²) >= 11 is 0. The van der Waals surface area contributed by atoms with Gasteiger partial charge >= 0.3 is 0 Å². The van der Waals surface area contributed by atoms with Crippen LogP contribution in [-0.2, 0) is 16.6 Å². The van der Waals surface area contributed by atoms with Gasteiger partial charge in [-0.25, -0.2) is 0 Å². The van der Waals surface area contributed by atoms with E-state index in [-0.39, 0.29) is 11.3 Å². The first-order valence-corrected chi connectivity index (χ1v) is 8.37. The minimum absolute atomic E-state index is 0.270. The fourth-order valence-electron chi connectivity index (χ4n) is 3.68. The standard InChI is InChI=1S/C16H27N5O2/c1-19-12-14(11-18-19)20-7-9-21(10-8-20)15(22)16(13-23-2)3-5-17-6-4-16/h11-12,17H,3-10,13H2,1-2H3. The number of methoxy groups -OCH3 is 1. The molecule has 2 aliphatic heterocycles. The molecule has 1 N–H and O–H groups in total. The lowest BCUT2D eigenvalue weighted by molar-refractivity contribution is -0.147. The monoisotopic (exact) mass is 321 g/mol. The Labute approximate surface area is 137 Å². The quantitative estimate of drug-likeness (QED) is 0.851. The van der Waals surface area contributed by atoms with Gasteiger partial charge in [0.2, 0.25) is 5.91 Å². The van der Waals surface area contributed by atoms with Crippen LogP contribution in [0, 0.1) is 5.41 Å². The number of piperazine rings is 1. The van der Waals surface area contributed by atoms with Crippen molar-refractivity contribution in [2.75, 3.05) is 57.9 Å². The number of nitrogens with zero attached hydrogens (tertiary/aromatic N) is 4. The normalized spacial score (nSPS) is 21.5. The summed E-state index contributed by atoms with van der Waals surface area (Å²) in [5, 5.41) is 7.57. The number of carbonyl (C=O) groups excluding carboxylic acids is 1. The van der Waals surface area contributed by atoms with E-state index >= 15 is 0 Å². The van der Waals surface area contributed by atoms with Gasteiger partial charge < -0.3 is 19.9 Å². The smallest absolute Gasteiger partial charge is 0.231 e. The Hall–Kier alpha value is -1.60. The molecule has 1 aromatic rings. The molecular formula is C16H27N5O2. The molecule has 1 amide bonds. The third-order valence-corrected chi connectivity index (χ3v) is 5.06. The summed E-state index contributed by atoms with van der Waals surface area (Å²) in [5.41, 5.74) is 0.796. The number of hydrogen-bond donors (Lipinski definition) is 1. The van der Waals surface area contributed by atoms with E-state index in [0.29, 0.717) is 6.61 Å². The average molecular weight is 321 g/mol. The molecule has 0 atom stereocenters. The first-order valence-electron chi connectivity index (χ1n) is 8.37. The van der Waals surface area contributed by atoms with E-state index < -0.39 is 0 Å². The number of piperidine rings is 1. The van der Waals surface area contributed by atoms with E-state index in [9.17, 15) is 4.79 Å². The van der Waals surface area contributed by atoms with Gasteiger partial charge in [0.1, 0.15) is 0 Å². The minimum atomic E-state index is -0.337. The van der Waals surface area contributed by atoms with Gasteiger partial charge in [-0.05, 0) is 25.9 Å². The van der Waals surface area contributed by atoms with Crippen LogP contribution in [0.1, 0.15) is 12.8 Å². The summed E-state index contributed by atoms with van der Waals surface area (Å²) in [7, 11) is 3.62. The van der Waals surface area contributed by atoms with Crippen molar-refractivity contribution < 1.29 is 9.53 Å². The highest BCUT2D eigenvalue weighted by atomic mass is 16.5. The van der Waals surface area contributed by atoms with Crippen LogP contribution in [0.25, 0.3) is 0 Å². The van der Waals surface area contributed by atoms with E-state index in [0.717, 1.165) is 57.8 Å². The molecule has 128 valence electrons. The SMILES string of the molecule is COCC1(C(=O)N2CCN(c3cnn(C)c3)CC2)CCNCC1. The lowest BCUT2D eigenvalue weighted by atomic mass is 9.78. The number of carbonyl (C=O) groups is 1. The van der Waals surface area contributed by atoms with Gasteiger partial charge in [0.25, 0.3) is 0 Å². The van der Waals surface area contributed by atoms with Crippen molar-refractivity contribution in [3.63, 3.8) is 0 Å². The number of anilines is 1. The van der Waals surface area contributed by atoms with Gasteiger partial charge in [-0.2, -0.15) is 5.10 Å². The molecule has 2 saturated heterocycles. The van der Waals surface area contributed by atoms with Crippen LogP contribution in [-0.4, -0.2) is 73.6 Å². The third-order valence-electron chi connectivity index (χ3n) is 5.06. The fraction of sp³-hybridized carbons (Fsp3) is 0.750. The van der Waals surface area contributed by atoms with Crippen molar-refractivity contribution in [2.24, 2.45) is 12.5 Å². The molecule has 2 fully saturated rings. The van der Waals surface area contributed by atoms with Crippen LogP contribution in [0.5, 0.6) is 0 Å². The van der Waals surface area contributed by atoms with Crippen molar-refractivity contribution in [1.82, 2.24) is 20.0 Å². The Morgan fingerprint density at radius 2 is 2.00 bits per heavy atom. The van der Waals surface area contributed by atoms with E-state index in [2.05, 4.69) is 15.3 Å². The van der Waals surface area contributed by atoms with Crippen molar-refractivity contribution in [3.05, 3.63) is 12.4 Å². The number of aryl methyl sites for hydroxylation is 1. The molecule has 0 bridgehead atoms. The summed E-state index contributed by atoms with van der Waals surface area (Å²) in [6, 6.07) is 0.